The number of nitrogens with zero attached hydrogens (tertiary/aromatic N) is 1. The van der Waals surface area contributed by atoms with Gasteiger partial charge in [0.15, 0.2) is 0 Å². The smallest absolute Gasteiger partial charge is 0.114 e. The zero-order valence-electron chi connectivity index (χ0n) is 12.1. The fraction of sp³-hybridized carbons (Fsp3) is 0.400. The number of thioether (sulfide) groups is 1. The van der Waals surface area contributed by atoms with Crippen LogP contribution in [0.1, 0.15) is 25.6 Å². The van der Waals surface area contributed by atoms with Crippen LogP contribution in [0.15, 0.2) is 34.8 Å². The summed E-state index contributed by atoms with van der Waals surface area (Å²) in [6.45, 7) is 6.09. The van der Waals surface area contributed by atoms with E-state index < -0.39 is 5.60 Å². The van der Waals surface area contributed by atoms with E-state index in [1.54, 1.807) is 29.5 Å². The quantitative estimate of drug-likeness (QED) is 0.732. The highest BCUT2D eigenvalue weighted by Crippen LogP contribution is 2.44. The Labute approximate surface area is 143 Å². The molecule has 1 atom stereocenters. The lowest BCUT2D eigenvalue weighted by Gasteiger charge is -2.39. The summed E-state index contributed by atoms with van der Waals surface area (Å²) in [7, 11) is 0. The molecule has 0 saturated carbocycles. The summed E-state index contributed by atoms with van der Waals surface area (Å²) in [5.74, 6) is 0.524. The van der Waals surface area contributed by atoms with Crippen molar-refractivity contribution in [1.82, 2.24) is 4.98 Å². The second-order valence-corrected chi connectivity index (χ2v) is 8.59. The van der Waals surface area contributed by atoms with E-state index in [2.05, 4.69) is 4.98 Å². The van der Waals surface area contributed by atoms with Crippen LogP contribution in [-0.2, 0) is 5.60 Å². The lowest BCUT2D eigenvalue weighted by atomic mass is 9.77. The molecule has 114 valence electrons. The van der Waals surface area contributed by atoms with Crippen molar-refractivity contribution in [2.45, 2.75) is 31.3 Å². The van der Waals surface area contributed by atoms with Crippen molar-refractivity contribution >= 4 is 46.3 Å². The van der Waals surface area contributed by atoms with Gasteiger partial charge in [0.05, 0.1) is 20.4 Å². The molecule has 0 aliphatic rings. The predicted molar refractivity (Wildman–Crippen MR) is 92.7 cm³/mol. The van der Waals surface area contributed by atoms with Crippen molar-refractivity contribution < 1.29 is 5.11 Å². The van der Waals surface area contributed by atoms with Gasteiger partial charge in [-0.05, 0) is 23.6 Å². The van der Waals surface area contributed by atoms with Crippen LogP contribution in [0.4, 0.5) is 0 Å². The Morgan fingerprint density at radius 3 is 2.48 bits per heavy atom. The number of aromatic nitrogens is 1. The predicted octanol–water partition coefficient (Wildman–Crippen LogP) is 5.48. The Balaban J connectivity index is 2.23. The minimum absolute atomic E-state index is 0.303. The van der Waals surface area contributed by atoms with Gasteiger partial charge < -0.3 is 5.11 Å². The number of hydrogen-bond acceptors (Lipinski definition) is 4. The summed E-state index contributed by atoms with van der Waals surface area (Å²) >= 11 is 15.0. The van der Waals surface area contributed by atoms with E-state index in [0.29, 0.717) is 15.8 Å². The van der Waals surface area contributed by atoms with E-state index in [-0.39, 0.29) is 5.41 Å². The minimum atomic E-state index is -0.953. The minimum Gasteiger partial charge on any atom is -0.383 e. The number of rotatable bonds is 4. The third-order valence-corrected chi connectivity index (χ3v) is 6.23. The fourth-order valence-electron chi connectivity index (χ4n) is 1.83. The van der Waals surface area contributed by atoms with Crippen molar-refractivity contribution in [1.29, 1.82) is 0 Å². The molecule has 1 heterocycles. The molecule has 0 saturated heterocycles. The molecule has 1 aromatic carbocycles. The van der Waals surface area contributed by atoms with Crippen LogP contribution >= 0.6 is 46.3 Å². The Hall–Kier alpha value is -0.260. The Morgan fingerprint density at radius 1 is 1.24 bits per heavy atom. The second-order valence-electron chi connectivity index (χ2n) is 5.84. The molecule has 0 aliphatic carbocycles. The van der Waals surface area contributed by atoms with E-state index in [0.717, 1.165) is 9.77 Å². The Morgan fingerprint density at radius 2 is 1.95 bits per heavy atom. The molecule has 21 heavy (non-hydrogen) atoms. The first-order valence-corrected chi connectivity index (χ1v) is 9.05. The van der Waals surface area contributed by atoms with Crippen molar-refractivity contribution in [2.24, 2.45) is 5.41 Å². The van der Waals surface area contributed by atoms with Crippen molar-refractivity contribution in [3.05, 3.63) is 44.8 Å². The summed E-state index contributed by atoms with van der Waals surface area (Å²) in [6, 6.07) is 5.51. The normalized spacial score (nSPS) is 15.0. The molecule has 0 bridgehead atoms. The molecule has 1 unspecified atom stereocenters. The van der Waals surface area contributed by atoms with Gasteiger partial charge in [-0.15, -0.1) is 23.1 Å². The average Bonchev–Trinajstić information content (AvgIpc) is 2.93. The molecule has 2 nitrogen and oxygen atoms in total. The number of halogens is 2. The van der Waals surface area contributed by atoms with Gasteiger partial charge in [0.1, 0.15) is 5.60 Å². The number of aliphatic hydroxyl groups is 1. The second kappa shape index (κ2) is 6.47. The number of thiazole rings is 1. The standard InChI is InChI=1S/C15H17Cl2NOS2/c1-14(2,3)15(19,13-7-18-9-21-13)8-20-10-4-5-11(16)12(17)6-10/h4-7,9,19H,8H2,1-3H3. The molecule has 0 fully saturated rings. The average molecular weight is 362 g/mol. The zero-order valence-corrected chi connectivity index (χ0v) is 15.2. The van der Waals surface area contributed by atoms with E-state index in [1.807, 2.05) is 32.9 Å². The van der Waals surface area contributed by atoms with Crippen LogP contribution < -0.4 is 0 Å². The SMILES string of the molecule is CC(C)(C)C(O)(CSc1ccc(Cl)c(Cl)c1)c1cncs1. The summed E-state index contributed by atoms with van der Waals surface area (Å²) in [6.07, 6.45) is 1.74. The maximum Gasteiger partial charge on any atom is 0.114 e. The van der Waals surface area contributed by atoms with E-state index >= 15 is 0 Å². The maximum atomic E-state index is 11.2. The van der Waals surface area contributed by atoms with Crippen LogP contribution in [-0.4, -0.2) is 15.8 Å². The largest absolute Gasteiger partial charge is 0.383 e. The van der Waals surface area contributed by atoms with Crippen molar-refractivity contribution in [3.63, 3.8) is 0 Å². The van der Waals surface area contributed by atoms with Gasteiger partial charge in [0.25, 0.3) is 0 Å². The molecule has 0 radical (unpaired) electrons. The monoisotopic (exact) mass is 361 g/mol. The van der Waals surface area contributed by atoms with Gasteiger partial charge in [-0.3, -0.25) is 4.98 Å². The molecule has 2 aromatic rings. The highest BCUT2D eigenvalue weighted by Gasteiger charge is 2.42. The first-order valence-electron chi connectivity index (χ1n) is 6.43. The molecule has 2 rings (SSSR count). The summed E-state index contributed by atoms with van der Waals surface area (Å²) in [5.41, 5.74) is 0.490. The fourth-order valence-corrected chi connectivity index (χ4v) is 4.55. The van der Waals surface area contributed by atoms with Crippen LogP contribution in [0.5, 0.6) is 0 Å². The topological polar surface area (TPSA) is 33.1 Å². The lowest BCUT2D eigenvalue weighted by Crippen LogP contribution is -2.41. The molecule has 0 aliphatic heterocycles. The number of hydrogen-bond donors (Lipinski definition) is 1. The third-order valence-electron chi connectivity index (χ3n) is 3.42. The van der Waals surface area contributed by atoms with E-state index in [9.17, 15) is 5.11 Å². The van der Waals surface area contributed by atoms with Crippen LogP contribution in [0.25, 0.3) is 0 Å². The first-order chi connectivity index (χ1) is 9.74. The van der Waals surface area contributed by atoms with Gasteiger partial charge in [-0.2, -0.15) is 0 Å². The van der Waals surface area contributed by atoms with Crippen molar-refractivity contribution in [2.75, 3.05) is 5.75 Å². The molecule has 1 N–H and O–H groups in total. The number of benzene rings is 1. The summed E-state index contributed by atoms with van der Waals surface area (Å²) in [4.78, 5) is 5.95. The van der Waals surface area contributed by atoms with Gasteiger partial charge in [-0.25, -0.2) is 0 Å². The first kappa shape index (κ1) is 17.1. The zero-order chi connectivity index (χ0) is 15.7. The van der Waals surface area contributed by atoms with Crippen LogP contribution in [0.2, 0.25) is 10.0 Å². The highest BCUT2D eigenvalue weighted by molar-refractivity contribution is 7.99. The Kier molecular flexibility index (Phi) is 5.27. The third kappa shape index (κ3) is 3.74. The highest BCUT2D eigenvalue weighted by atomic mass is 35.5. The van der Waals surface area contributed by atoms with Crippen LogP contribution in [0.3, 0.4) is 0 Å². The molecule has 0 amide bonds. The van der Waals surface area contributed by atoms with Gasteiger partial charge >= 0.3 is 0 Å². The van der Waals surface area contributed by atoms with Gasteiger partial charge in [0, 0.05) is 16.8 Å². The molecular formula is C15H17Cl2NOS2. The molecule has 0 spiro atoms. The van der Waals surface area contributed by atoms with E-state index in [1.165, 1.54) is 11.3 Å². The summed E-state index contributed by atoms with van der Waals surface area (Å²) in [5, 5.41) is 12.2. The van der Waals surface area contributed by atoms with E-state index in [4.69, 9.17) is 23.2 Å². The molecular weight excluding hydrogens is 345 g/mol. The Bertz CT molecular complexity index is 611. The molecule has 6 heteroatoms. The molecule has 1 aromatic heterocycles. The lowest BCUT2D eigenvalue weighted by molar-refractivity contribution is -0.0392. The van der Waals surface area contributed by atoms with Gasteiger partial charge in [-0.1, -0.05) is 44.0 Å². The van der Waals surface area contributed by atoms with Crippen molar-refractivity contribution in [3.8, 4) is 0 Å². The summed E-state index contributed by atoms with van der Waals surface area (Å²) < 4.78 is 0. The van der Waals surface area contributed by atoms with Gasteiger partial charge in [0.2, 0.25) is 0 Å². The van der Waals surface area contributed by atoms with Crippen LogP contribution in [0, 0.1) is 5.41 Å². The maximum absolute atomic E-state index is 11.2.